The fourth-order valence-electron chi connectivity index (χ4n) is 2.49. The van der Waals surface area contributed by atoms with Crippen LogP contribution in [0.2, 0.25) is 0 Å². The molecule has 3 N–H and O–H groups in total. The maximum absolute atomic E-state index is 11.8. The SMILES string of the molecule is Cl.NC1CCC(NC(=O)CCOCc2ccccc2)CC1. The molecule has 1 aromatic rings. The first-order valence-corrected chi connectivity index (χ1v) is 7.40. The molecule has 0 heterocycles. The molecule has 4 nitrogen and oxygen atoms in total. The molecule has 0 bridgehead atoms. The van der Waals surface area contributed by atoms with Gasteiger partial charge in [-0.2, -0.15) is 0 Å². The van der Waals surface area contributed by atoms with Crippen LogP contribution in [-0.2, 0) is 16.1 Å². The normalized spacial score (nSPS) is 21.4. The average molecular weight is 313 g/mol. The Balaban J connectivity index is 0.00000220. The zero-order valence-electron chi connectivity index (χ0n) is 12.3. The van der Waals surface area contributed by atoms with Crippen LogP contribution in [0.1, 0.15) is 37.7 Å². The van der Waals surface area contributed by atoms with Crippen LogP contribution < -0.4 is 11.1 Å². The van der Waals surface area contributed by atoms with E-state index in [2.05, 4.69) is 5.32 Å². The highest BCUT2D eigenvalue weighted by molar-refractivity contribution is 5.85. The van der Waals surface area contributed by atoms with Gasteiger partial charge in [0, 0.05) is 18.5 Å². The number of rotatable bonds is 6. The molecule has 1 aliphatic carbocycles. The van der Waals surface area contributed by atoms with Crippen molar-refractivity contribution < 1.29 is 9.53 Å². The molecule has 0 spiro atoms. The van der Waals surface area contributed by atoms with Crippen molar-refractivity contribution in [1.82, 2.24) is 5.32 Å². The molecule has 5 heteroatoms. The first-order chi connectivity index (χ1) is 9.74. The van der Waals surface area contributed by atoms with Crippen LogP contribution in [0.25, 0.3) is 0 Å². The number of nitrogens with two attached hydrogens (primary N) is 1. The molecule has 118 valence electrons. The maximum atomic E-state index is 11.8. The molecule has 21 heavy (non-hydrogen) atoms. The first kappa shape index (κ1) is 18.0. The Morgan fingerprint density at radius 1 is 1.19 bits per heavy atom. The van der Waals surface area contributed by atoms with Crippen LogP contribution >= 0.6 is 12.4 Å². The molecule has 0 radical (unpaired) electrons. The monoisotopic (exact) mass is 312 g/mol. The van der Waals surface area contributed by atoms with Gasteiger partial charge < -0.3 is 15.8 Å². The molecule has 0 saturated heterocycles. The molecular formula is C16H25ClN2O2. The topological polar surface area (TPSA) is 64.3 Å². The van der Waals surface area contributed by atoms with Gasteiger partial charge in [-0.05, 0) is 31.2 Å². The second kappa shape index (κ2) is 9.77. The predicted molar refractivity (Wildman–Crippen MR) is 86.3 cm³/mol. The van der Waals surface area contributed by atoms with Gasteiger partial charge in [0.15, 0.2) is 0 Å². The van der Waals surface area contributed by atoms with Crippen molar-refractivity contribution in [3.63, 3.8) is 0 Å². The van der Waals surface area contributed by atoms with Gasteiger partial charge in [-0.3, -0.25) is 4.79 Å². The van der Waals surface area contributed by atoms with Gasteiger partial charge >= 0.3 is 0 Å². The summed E-state index contributed by atoms with van der Waals surface area (Å²) in [6.45, 7) is 1.03. The molecule has 2 rings (SSSR count). The van der Waals surface area contributed by atoms with E-state index >= 15 is 0 Å². The van der Waals surface area contributed by atoms with E-state index in [1.54, 1.807) is 0 Å². The first-order valence-electron chi connectivity index (χ1n) is 7.40. The number of nitrogens with one attached hydrogen (secondary N) is 1. The number of amides is 1. The standard InChI is InChI=1S/C16H24N2O2.ClH/c17-14-6-8-15(9-7-14)18-16(19)10-11-20-12-13-4-2-1-3-5-13;/h1-5,14-15H,6-12,17H2,(H,18,19);1H. The second-order valence-electron chi connectivity index (χ2n) is 5.47. The highest BCUT2D eigenvalue weighted by Crippen LogP contribution is 2.16. The van der Waals surface area contributed by atoms with E-state index < -0.39 is 0 Å². The minimum Gasteiger partial charge on any atom is -0.376 e. The van der Waals surface area contributed by atoms with Gasteiger partial charge in [-0.15, -0.1) is 12.4 Å². The van der Waals surface area contributed by atoms with Crippen molar-refractivity contribution >= 4 is 18.3 Å². The van der Waals surface area contributed by atoms with E-state index in [4.69, 9.17) is 10.5 Å². The summed E-state index contributed by atoms with van der Waals surface area (Å²) in [5.41, 5.74) is 6.98. The number of carbonyl (C=O) groups excluding carboxylic acids is 1. The molecule has 0 aliphatic heterocycles. The van der Waals surface area contributed by atoms with Crippen molar-refractivity contribution in [3.8, 4) is 0 Å². The Morgan fingerprint density at radius 3 is 2.52 bits per heavy atom. The number of hydrogen-bond donors (Lipinski definition) is 2. The quantitative estimate of drug-likeness (QED) is 0.793. The van der Waals surface area contributed by atoms with Crippen molar-refractivity contribution in [2.75, 3.05) is 6.61 Å². The third kappa shape index (κ3) is 6.93. The molecular weight excluding hydrogens is 288 g/mol. The van der Waals surface area contributed by atoms with Gasteiger partial charge in [0.2, 0.25) is 5.91 Å². The van der Waals surface area contributed by atoms with Gasteiger partial charge in [0.1, 0.15) is 0 Å². The van der Waals surface area contributed by atoms with E-state index in [0.29, 0.717) is 31.7 Å². The van der Waals surface area contributed by atoms with Gasteiger partial charge in [-0.1, -0.05) is 30.3 Å². The second-order valence-corrected chi connectivity index (χ2v) is 5.47. The molecule has 1 saturated carbocycles. The summed E-state index contributed by atoms with van der Waals surface area (Å²) < 4.78 is 5.52. The Kier molecular flexibility index (Phi) is 8.35. The zero-order valence-corrected chi connectivity index (χ0v) is 13.1. The summed E-state index contributed by atoms with van der Waals surface area (Å²) in [6.07, 6.45) is 4.44. The number of halogens is 1. The lowest BCUT2D eigenvalue weighted by molar-refractivity contribution is -0.123. The fraction of sp³-hybridized carbons (Fsp3) is 0.562. The number of benzene rings is 1. The number of carbonyl (C=O) groups is 1. The molecule has 1 amide bonds. The third-order valence-electron chi connectivity index (χ3n) is 3.72. The van der Waals surface area contributed by atoms with Gasteiger partial charge in [0.05, 0.1) is 13.2 Å². The van der Waals surface area contributed by atoms with Crippen LogP contribution in [0.5, 0.6) is 0 Å². The highest BCUT2D eigenvalue weighted by Gasteiger charge is 2.19. The molecule has 0 unspecified atom stereocenters. The van der Waals surface area contributed by atoms with Crippen molar-refractivity contribution in [2.45, 2.75) is 50.8 Å². The third-order valence-corrected chi connectivity index (χ3v) is 3.72. The van der Waals surface area contributed by atoms with Gasteiger partial charge in [-0.25, -0.2) is 0 Å². The molecule has 1 aromatic carbocycles. The van der Waals surface area contributed by atoms with Crippen LogP contribution in [-0.4, -0.2) is 24.6 Å². The lowest BCUT2D eigenvalue weighted by atomic mass is 9.92. The zero-order chi connectivity index (χ0) is 14.2. The van der Waals surface area contributed by atoms with Crippen LogP contribution in [0.15, 0.2) is 30.3 Å². The Morgan fingerprint density at radius 2 is 1.86 bits per heavy atom. The summed E-state index contributed by atoms with van der Waals surface area (Å²) in [7, 11) is 0. The highest BCUT2D eigenvalue weighted by atomic mass is 35.5. The van der Waals surface area contributed by atoms with Crippen molar-refractivity contribution in [2.24, 2.45) is 5.73 Å². The minimum absolute atomic E-state index is 0. The molecule has 0 atom stereocenters. The lowest BCUT2D eigenvalue weighted by Crippen LogP contribution is -2.40. The Hall–Kier alpha value is -1.10. The summed E-state index contributed by atoms with van der Waals surface area (Å²) >= 11 is 0. The molecule has 1 fully saturated rings. The summed E-state index contributed by atoms with van der Waals surface area (Å²) in [4.78, 5) is 11.8. The van der Waals surface area contributed by atoms with E-state index in [1.165, 1.54) is 0 Å². The van der Waals surface area contributed by atoms with Crippen molar-refractivity contribution in [3.05, 3.63) is 35.9 Å². The van der Waals surface area contributed by atoms with E-state index in [-0.39, 0.29) is 18.3 Å². The molecule has 0 aromatic heterocycles. The summed E-state index contributed by atoms with van der Waals surface area (Å²) in [6, 6.07) is 10.6. The Bertz CT molecular complexity index is 406. The van der Waals surface area contributed by atoms with E-state index in [0.717, 1.165) is 31.2 Å². The maximum Gasteiger partial charge on any atom is 0.222 e. The lowest BCUT2D eigenvalue weighted by Gasteiger charge is -2.26. The van der Waals surface area contributed by atoms with E-state index in [9.17, 15) is 4.79 Å². The predicted octanol–water partition coefficient (Wildman–Crippen LogP) is 2.40. The number of hydrogen-bond acceptors (Lipinski definition) is 3. The summed E-state index contributed by atoms with van der Waals surface area (Å²) in [5, 5.41) is 3.06. The Labute approximate surface area is 132 Å². The van der Waals surface area contributed by atoms with Crippen molar-refractivity contribution in [1.29, 1.82) is 0 Å². The van der Waals surface area contributed by atoms with Crippen LogP contribution in [0, 0.1) is 0 Å². The fourth-order valence-corrected chi connectivity index (χ4v) is 2.49. The summed E-state index contributed by atoms with van der Waals surface area (Å²) in [5.74, 6) is 0.0820. The smallest absolute Gasteiger partial charge is 0.222 e. The van der Waals surface area contributed by atoms with Gasteiger partial charge in [0.25, 0.3) is 0 Å². The average Bonchev–Trinajstić information content (AvgIpc) is 2.47. The van der Waals surface area contributed by atoms with Crippen LogP contribution in [0.4, 0.5) is 0 Å². The van der Waals surface area contributed by atoms with E-state index in [1.807, 2.05) is 30.3 Å². The van der Waals surface area contributed by atoms with Crippen LogP contribution in [0.3, 0.4) is 0 Å². The minimum atomic E-state index is 0. The molecule has 1 aliphatic rings. The number of ether oxygens (including phenoxy) is 1. The largest absolute Gasteiger partial charge is 0.376 e.